The van der Waals surface area contributed by atoms with Crippen molar-refractivity contribution >= 4 is 40.6 Å². The third-order valence-corrected chi connectivity index (χ3v) is 2.91. The van der Waals surface area contributed by atoms with Gasteiger partial charge in [-0.25, -0.2) is 19.5 Å². The lowest BCUT2D eigenvalue weighted by Gasteiger charge is -2.03. The van der Waals surface area contributed by atoms with Gasteiger partial charge in [0.25, 0.3) is 5.91 Å². The highest BCUT2D eigenvalue weighted by atomic mass is 35.5. The van der Waals surface area contributed by atoms with E-state index in [0.717, 1.165) is 0 Å². The molecule has 7 nitrogen and oxygen atoms in total. The average molecular weight is 309 g/mol. The standard InChI is InChI=1S/C11H6Cl2N6O/c12-6-3-8(13)18-19-7(4-15-10(6)19)11(20)17-9-1-2-14-5-16-9/h1-5H,(H,14,16,17,20). The molecular formula is C11H6Cl2N6O. The zero-order valence-electron chi connectivity index (χ0n) is 9.79. The Balaban J connectivity index is 2.00. The molecule has 0 bridgehead atoms. The Morgan fingerprint density at radius 1 is 1.30 bits per heavy atom. The van der Waals surface area contributed by atoms with E-state index in [4.69, 9.17) is 23.2 Å². The fourth-order valence-electron chi connectivity index (χ4n) is 1.60. The lowest BCUT2D eigenvalue weighted by Crippen LogP contribution is -2.16. The Morgan fingerprint density at radius 2 is 2.15 bits per heavy atom. The van der Waals surface area contributed by atoms with E-state index in [9.17, 15) is 4.79 Å². The topological polar surface area (TPSA) is 85.1 Å². The van der Waals surface area contributed by atoms with Crippen LogP contribution in [-0.4, -0.2) is 30.5 Å². The zero-order valence-corrected chi connectivity index (χ0v) is 11.3. The number of hydrogen-bond donors (Lipinski definition) is 1. The average Bonchev–Trinajstić information content (AvgIpc) is 2.84. The predicted octanol–water partition coefficient (Wildman–Crippen LogP) is 2.08. The normalized spacial score (nSPS) is 10.7. The van der Waals surface area contributed by atoms with Gasteiger partial charge in [-0.3, -0.25) is 4.79 Å². The second-order valence-electron chi connectivity index (χ2n) is 3.74. The SMILES string of the molecule is O=C(Nc1ccncn1)c1cnc2c(Cl)cc(Cl)nn12. The number of hydrogen-bond acceptors (Lipinski definition) is 5. The van der Waals surface area contributed by atoms with Crippen LogP contribution in [0.15, 0.2) is 30.9 Å². The van der Waals surface area contributed by atoms with E-state index in [1.165, 1.54) is 29.3 Å². The molecule has 0 radical (unpaired) electrons. The molecule has 0 aliphatic heterocycles. The van der Waals surface area contributed by atoms with Gasteiger partial charge in [0.15, 0.2) is 16.5 Å². The van der Waals surface area contributed by atoms with E-state index >= 15 is 0 Å². The molecule has 0 atom stereocenters. The van der Waals surface area contributed by atoms with Crippen molar-refractivity contribution in [2.45, 2.75) is 0 Å². The Morgan fingerprint density at radius 3 is 2.90 bits per heavy atom. The molecule has 0 spiro atoms. The largest absolute Gasteiger partial charge is 0.305 e. The second kappa shape index (κ2) is 5.03. The van der Waals surface area contributed by atoms with E-state index in [1.807, 2.05) is 0 Å². The second-order valence-corrected chi connectivity index (χ2v) is 4.54. The molecule has 1 N–H and O–H groups in total. The van der Waals surface area contributed by atoms with Crippen LogP contribution in [0.1, 0.15) is 10.5 Å². The minimum absolute atomic E-state index is 0.164. The van der Waals surface area contributed by atoms with Crippen molar-refractivity contribution in [3.05, 3.63) is 46.7 Å². The maximum atomic E-state index is 12.2. The van der Waals surface area contributed by atoms with Gasteiger partial charge in [-0.1, -0.05) is 23.2 Å². The number of halogens is 2. The molecule has 0 saturated heterocycles. The van der Waals surface area contributed by atoms with Crippen LogP contribution < -0.4 is 5.32 Å². The fourth-order valence-corrected chi connectivity index (χ4v) is 2.08. The molecule has 3 aromatic heterocycles. The van der Waals surface area contributed by atoms with E-state index in [2.05, 4.69) is 25.4 Å². The number of anilines is 1. The van der Waals surface area contributed by atoms with Gasteiger partial charge < -0.3 is 5.32 Å². The summed E-state index contributed by atoms with van der Waals surface area (Å²) in [6.07, 6.45) is 4.21. The van der Waals surface area contributed by atoms with Crippen LogP contribution in [0.2, 0.25) is 10.2 Å². The summed E-state index contributed by atoms with van der Waals surface area (Å²) < 4.78 is 1.28. The number of carbonyl (C=O) groups excluding carboxylic acids is 1. The summed E-state index contributed by atoms with van der Waals surface area (Å²) in [6.45, 7) is 0. The number of nitrogens with one attached hydrogen (secondary N) is 1. The maximum absolute atomic E-state index is 12.2. The molecule has 9 heteroatoms. The summed E-state index contributed by atoms with van der Waals surface area (Å²) in [5.74, 6) is -0.0601. The molecular weight excluding hydrogens is 303 g/mol. The summed E-state index contributed by atoms with van der Waals surface area (Å²) in [4.78, 5) is 23.9. The predicted molar refractivity (Wildman–Crippen MR) is 73.0 cm³/mol. The molecule has 3 rings (SSSR count). The Labute approximate surface area is 122 Å². The number of rotatable bonds is 2. The molecule has 0 aromatic carbocycles. The van der Waals surface area contributed by atoms with E-state index in [1.54, 1.807) is 6.07 Å². The molecule has 0 unspecified atom stereocenters. The van der Waals surface area contributed by atoms with Gasteiger partial charge in [0, 0.05) is 6.20 Å². The molecule has 1 amide bonds. The first-order valence-corrected chi connectivity index (χ1v) is 6.18. The van der Waals surface area contributed by atoms with Crippen LogP contribution in [0.4, 0.5) is 5.82 Å². The Bertz CT molecular complexity index is 788. The lowest BCUT2D eigenvalue weighted by atomic mass is 10.4. The van der Waals surface area contributed by atoms with Gasteiger partial charge in [-0.15, -0.1) is 0 Å². The number of imidazole rings is 1. The smallest absolute Gasteiger partial charge is 0.277 e. The van der Waals surface area contributed by atoms with E-state index in [-0.39, 0.29) is 10.8 Å². The highest BCUT2D eigenvalue weighted by Gasteiger charge is 2.16. The molecule has 0 aliphatic rings. The summed E-state index contributed by atoms with van der Waals surface area (Å²) in [5, 5.41) is 7.07. The zero-order chi connectivity index (χ0) is 14.1. The van der Waals surface area contributed by atoms with Crippen molar-refractivity contribution in [1.82, 2.24) is 24.6 Å². The minimum atomic E-state index is -0.429. The quantitative estimate of drug-likeness (QED) is 0.783. The van der Waals surface area contributed by atoms with Crippen molar-refractivity contribution in [3.63, 3.8) is 0 Å². The van der Waals surface area contributed by atoms with Crippen molar-refractivity contribution in [3.8, 4) is 0 Å². The number of carbonyl (C=O) groups is 1. The van der Waals surface area contributed by atoms with Gasteiger partial charge in [0.05, 0.1) is 11.2 Å². The first-order chi connectivity index (χ1) is 9.65. The number of nitrogens with zero attached hydrogens (tertiary/aromatic N) is 5. The van der Waals surface area contributed by atoms with Crippen LogP contribution >= 0.6 is 23.2 Å². The number of fused-ring (bicyclic) bond motifs is 1. The van der Waals surface area contributed by atoms with Crippen LogP contribution in [0.25, 0.3) is 5.65 Å². The number of amides is 1. The van der Waals surface area contributed by atoms with Crippen molar-refractivity contribution < 1.29 is 4.79 Å². The van der Waals surface area contributed by atoms with Crippen LogP contribution in [0.5, 0.6) is 0 Å². The molecule has 0 saturated carbocycles. The first-order valence-electron chi connectivity index (χ1n) is 5.42. The fraction of sp³-hybridized carbons (Fsp3) is 0. The highest BCUT2D eigenvalue weighted by molar-refractivity contribution is 6.35. The minimum Gasteiger partial charge on any atom is -0.305 e. The van der Waals surface area contributed by atoms with Gasteiger partial charge in [0.2, 0.25) is 0 Å². The third kappa shape index (κ3) is 2.28. The Hall–Kier alpha value is -2.25. The Kier molecular flexibility index (Phi) is 3.21. The summed E-state index contributed by atoms with van der Waals surface area (Å²) in [7, 11) is 0. The lowest BCUT2D eigenvalue weighted by molar-refractivity contribution is 0.102. The monoisotopic (exact) mass is 308 g/mol. The molecule has 3 aromatic rings. The molecule has 0 fully saturated rings. The first kappa shape index (κ1) is 12.8. The molecule has 3 heterocycles. The van der Waals surface area contributed by atoms with Gasteiger partial charge in [-0.05, 0) is 12.1 Å². The van der Waals surface area contributed by atoms with Gasteiger partial charge in [0.1, 0.15) is 12.1 Å². The number of aromatic nitrogens is 5. The van der Waals surface area contributed by atoms with Crippen molar-refractivity contribution in [1.29, 1.82) is 0 Å². The van der Waals surface area contributed by atoms with E-state index in [0.29, 0.717) is 16.5 Å². The third-order valence-electron chi connectivity index (χ3n) is 2.45. The summed E-state index contributed by atoms with van der Waals surface area (Å²) >= 11 is 11.8. The van der Waals surface area contributed by atoms with E-state index < -0.39 is 5.91 Å². The van der Waals surface area contributed by atoms with Crippen LogP contribution in [-0.2, 0) is 0 Å². The molecule has 0 aliphatic carbocycles. The highest BCUT2D eigenvalue weighted by Crippen LogP contribution is 2.20. The van der Waals surface area contributed by atoms with Gasteiger partial charge >= 0.3 is 0 Å². The maximum Gasteiger partial charge on any atom is 0.277 e. The van der Waals surface area contributed by atoms with Gasteiger partial charge in [-0.2, -0.15) is 5.10 Å². The summed E-state index contributed by atoms with van der Waals surface area (Å²) in [5.41, 5.74) is 0.548. The van der Waals surface area contributed by atoms with Crippen LogP contribution in [0.3, 0.4) is 0 Å². The summed E-state index contributed by atoms with van der Waals surface area (Å²) in [6, 6.07) is 3.02. The van der Waals surface area contributed by atoms with Crippen molar-refractivity contribution in [2.24, 2.45) is 0 Å². The molecule has 20 heavy (non-hydrogen) atoms. The van der Waals surface area contributed by atoms with Crippen molar-refractivity contribution in [2.75, 3.05) is 5.32 Å². The van der Waals surface area contributed by atoms with Crippen LogP contribution in [0, 0.1) is 0 Å². The molecule has 100 valence electrons.